The molecule has 1 rings (SSSR count). The Bertz CT molecular complexity index is 235. The average Bonchev–Trinajstić information content (AvgIpc) is 2.30. The molecule has 0 saturated carbocycles. The molecule has 4 nitrogen and oxygen atoms in total. The van der Waals surface area contributed by atoms with Gasteiger partial charge in [0.1, 0.15) is 0 Å². The van der Waals surface area contributed by atoms with E-state index in [4.69, 9.17) is 5.73 Å². The van der Waals surface area contributed by atoms with E-state index in [2.05, 4.69) is 17.3 Å². The van der Waals surface area contributed by atoms with Crippen molar-refractivity contribution in [3.8, 4) is 0 Å². The van der Waals surface area contributed by atoms with Gasteiger partial charge in [-0.05, 0) is 51.2 Å². The second kappa shape index (κ2) is 6.97. The molecule has 1 aliphatic heterocycles. The molecule has 1 heterocycles. The largest absolute Gasteiger partial charge is 0.355 e. The number of carbonyl (C=O) groups excluding carboxylic acids is 1. The van der Waals surface area contributed by atoms with Crippen molar-refractivity contribution in [3.63, 3.8) is 0 Å². The lowest BCUT2D eigenvalue weighted by Crippen LogP contribution is -2.44. The van der Waals surface area contributed by atoms with Gasteiger partial charge >= 0.3 is 0 Å². The predicted molar refractivity (Wildman–Crippen MR) is 70.7 cm³/mol. The van der Waals surface area contributed by atoms with Gasteiger partial charge in [-0.2, -0.15) is 0 Å². The predicted octanol–water partition coefficient (Wildman–Crippen LogP) is 0.818. The van der Waals surface area contributed by atoms with E-state index < -0.39 is 0 Å². The smallest absolute Gasteiger partial charge is 0.237 e. The van der Waals surface area contributed by atoms with Gasteiger partial charge in [0.25, 0.3) is 0 Å². The van der Waals surface area contributed by atoms with Crippen molar-refractivity contribution in [3.05, 3.63) is 0 Å². The topological polar surface area (TPSA) is 58.4 Å². The summed E-state index contributed by atoms with van der Waals surface area (Å²) in [7, 11) is 2.17. The standard InChI is InChI=1S/C13H27N3O/c1-10(2)12(14)13(17)15-7-4-11-5-8-16(3)9-6-11/h10-12H,4-9,14H2,1-3H3,(H,15,17)/t12-/m1/s1. The summed E-state index contributed by atoms with van der Waals surface area (Å²) < 4.78 is 0. The van der Waals surface area contributed by atoms with Crippen LogP contribution in [0.25, 0.3) is 0 Å². The van der Waals surface area contributed by atoms with Crippen molar-refractivity contribution in [2.75, 3.05) is 26.7 Å². The Morgan fingerprint density at radius 2 is 2.00 bits per heavy atom. The highest BCUT2D eigenvalue weighted by Crippen LogP contribution is 2.18. The highest BCUT2D eigenvalue weighted by molar-refractivity contribution is 5.81. The van der Waals surface area contributed by atoms with E-state index >= 15 is 0 Å². The first-order valence-corrected chi connectivity index (χ1v) is 6.72. The molecule has 4 heteroatoms. The maximum absolute atomic E-state index is 11.6. The van der Waals surface area contributed by atoms with Crippen LogP contribution in [-0.4, -0.2) is 43.5 Å². The van der Waals surface area contributed by atoms with E-state index in [0.717, 1.165) is 18.9 Å². The molecule has 1 fully saturated rings. The van der Waals surface area contributed by atoms with E-state index in [1.807, 2.05) is 13.8 Å². The minimum absolute atomic E-state index is 0.00655. The van der Waals surface area contributed by atoms with Crippen LogP contribution in [0.2, 0.25) is 0 Å². The van der Waals surface area contributed by atoms with E-state index in [9.17, 15) is 4.79 Å². The second-order valence-electron chi connectivity index (χ2n) is 5.60. The molecule has 0 bridgehead atoms. The number of amides is 1. The zero-order chi connectivity index (χ0) is 12.8. The van der Waals surface area contributed by atoms with Crippen LogP contribution in [0.3, 0.4) is 0 Å². The lowest BCUT2D eigenvalue weighted by molar-refractivity contribution is -0.123. The summed E-state index contributed by atoms with van der Waals surface area (Å²) in [6, 6.07) is -0.368. The molecule has 0 unspecified atom stereocenters. The van der Waals surface area contributed by atoms with Gasteiger partial charge < -0.3 is 16.0 Å². The molecule has 1 saturated heterocycles. The van der Waals surface area contributed by atoms with Crippen LogP contribution in [0.4, 0.5) is 0 Å². The number of carbonyl (C=O) groups is 1. The van der Waals surface area contributed by atoms with Crippen LogP contribution in [0, 0.1) is 11.8 Å². The quantitative estimate of drug-likeness (QED) is 0.749. The van der Waals surface area contributed by atoms with Crippen molar-refractivity contribution < 1.29 is 4.79 Å². The van der Waals surface area contributed by atoms with E-state index in [0.29, 0.717) is 0 Å². The lowest BCUT2D eigenvalue weighted by Gasteiger charge is -2.29. The van der Waals surface area contributed by atoms with Crippen molar-refractivity contribution in [2.24, 2.45) is 17.6 Å². The number of hydrogen-bond acceptors (Lipinski definition) is 3. The molecule has 100 valence electrons. The zero-order valence-electron chi connectivity index (χ0n) is 11.4. The number of likely N-dealkylation sites (tertiary alicyclic amines) is 1. The fourth-order valence-corrected chi connectivity index (χ4v) is 2.17. The highest BCUT2D eigenvalue weighted by atomic mass is 16.2. The number of hydrogen-bond donors (Lipinski definition) is 2. The number of nitrogens with zero attached hydrogens (tertiary/aromatic N) is 1. The first-order chi connectivity index (χ1) is 8.00. The fourth-order valence-electron chi connectivity index (χ4n) is 2.17. The van der Waals surface area contributed by atoms with Crippen LogP contribution in [0.15, 0.2) is 0 Å². The molecule has 0 spiro atoms. The Morgan fingerprint density at radius 1 is 1.41 bits per heavy atom. The third-order valence-corrected chi connectivity index (χ3v) is 3.71. The van der Waals surface area contributed by atoms with Crippen LogP contribution in [0.5, 0.6) is 0 Å². The number of nitrogens with two attached hydrogens (primary N) is 1. The molecular weight excluding hydrogens is 214 g/mol. The Labute approximate surface area is 105 Å². The molecule has 0 aliphatic carbocycles. The first-order valence-electron chi connectivity index (χ1n) is 6.72. The zero-order valence-corrected chi connectivity index (χ0v) is 11.4. The van der Waals surface area contributed by atoms with Crippen molar-refractivity contribution in [2.45, 2.75) is 39.2 Å². The average molecular weight is 241 g/mol. The Morgan fingerprint density at radius 3 is 2.53 bits per heavy atom. The molecule has 0 aromatic heterocycles. The van der Waals surface area contributed by atoms with Crippen LogP contribution in [0.1, 0.15) is 33.1 Å². The minimum Gasteiger partial charge on any atom is -0.355 e. The molecule has 0 aromatic carbocycles. The Hall–Kier alpha value is -0.610. The van der Waals surface area contributed by atoms with E-state index in [1.165, 1.54) is 25.9 Å². The number of piperidine rings is 1. The number of nitrogens with one attached hydrogen (secondary N) is 1. The van der Waals surface area contributed by atoms with Crippen molar-refractivity contribution in [1.29, 1.82) is 0 Å². The van der Waals surface area contributed by atoms with Gasteiger partial charge in [0.2, 0.25) is 5.91 Å². The highest BCUT2D eigenvalue weighted by Gasteiger charge is 2.19. The van der Waals surface area contributed by atoms with Gasteiger partial charge in [0, 0.05) is 6.54 Å². The first kappa shape index (κ1) is 14.5. The van der Waals surface area contributed by atoms with Crippen molar-refractivity contribution >= 4 is 5.91 Å². The second-order valence-corrected chi connectivity index (χ2v) is 5.60. The molecule has 3 N–H and O–H groups in total. The van der Waals surface area contributed by atoms with Crippen LogP contribution in [-0.2, 0) is 4.79 Å². The lowest BCUT2D eigenvalue weighted by atomic mass is 9.94. The monoisotopic (exact) mass is 241 g/mol. The number of rotatable bonds is 5. The molecule has 1 amide bonds. The SMILES string of the molecule is CC(C)[C@@H](N)C(=O)NCCC1CCN(C)CC1. The Balaban J connectivity index is 2.13. The summed E-state index contributed by atoms with van der Waals surface area (Å²) >= 11 is 0. The molecule has 1 atom stereocenters. The fraction of sp³-hybridized carbons (Fsp3) is 0.923. The summed E-state index contributed by atoms with van der Waals surface area (Å²) in [5.41, 5.74) is 5.78. The van der Waals surface area contributed by atoms with Gasteiger partial charge in [-0.1, -0.05) is 13.8 Å². The third-order valence-electron chi connectivity index (χ3n) is 3.71. The summed E-state index contributed by atoms with van der Waals surface area (Å²) in [5.74, 6) is 0.966. The van der Waals surface area contributed by atoms with Gasteiger partial charge in [-0.25, -0.2) is 0 Å². The van der Waals surface area contributed by atoms with Crippen LogP contribution >= 0.6 is 0 Å². The summed E-state index contributed by atoms with van der Waals surface area (Å²) in [5, 5.41) is 2.94. The van der Waals surface area contributed by atoms with Gasteiger partial charge in [-0.15, -0.1) is 0 Å². The maximum Gasteiger partial charge on any atom is 0.237 e. The normalized spacial score (nSPS) is 20.5. The molecule has 17 heavy (non-hydrogen) atoms. The van der Waals surface area contributed by atoms with E-state index in [1.54, 1.807) is 0 Å². The van der Waals surface area contributed by atoms with Crippen LogP contribution < -0.4 is 11.1 Å². The molecular formula is C13H27N3O. The van der Waals surface area contributed by atoms with Gasteiger partial charge in [-0.3, -0.25) is 4.79 Å². The molecule has 0 aromatic rings. The van der Waals surface area contributed by atoms with E-state index in [-0.39, 0.29) is 17.9 Å². The Kier molecular flexibility index (Phi) is 5.92. The summed E-state index contributed by atoms with van der Waals surface area (Å²) in [4.78, 5) is 14.0. The summed E-state index contributed by atoms with van der Waals surface area (Å²) in [6.45, 7) is 7.09. The maximum atomic E-state index is 11.6. The molecule has 1 aliphatic rings. The van der Waals surface area contributed by atoms with Gasteiger partial charge in [0.15, 0.2) is 0 Å². The minimum atomic E-state index is -0.368. The van der Waals surface area contributed by atoms with Gasteiger partial charge in [0.05, 0.1) is 6.04 Å². The summed E-state index contributed by atoms with van der Waals surface area (Å²) in [6.07, 6.45) is 3.59. The van der Waals surface area contributed by atoms with Crippen molar-refractivity contribution in [1.82, 2.24) is 10.2 Å². The third kappa shape index (κ3) is 5.04. The molecule has 0 radical (unpaired) electrons.